The lowest BCUT2D eigenvalue weighted by Crippen LogP contribution is -2.34. The van der Waals surface area contributed by atoms with Gasteiger partial charge in [0.2, 0.25) is 0 Å². The Kier molecular flexibility index (Phi) is 5.27. The topological polar surface area (TPSA) is 59.5 Å². The number of carbonyl (C=O) groups excluding carboxylic acids is 1. The Morgan fingerprint density at radius 3 is 2.68 bits per heavy atom. The van der Waals surface area contributed by atoms with Crippen LogP contribution in [-0.4, -0.2) is 29.9 Å². The van der Waals surface area contributed by atoms with E-state index in [4.69, 9.17) is 10.2 Å². The van der Waals surface area contributed by atoms with Gasteiger partial charge in [0, 0.05) is 18.2 Å². The SMILES string of the molecule is CC1CC(CN)CN1C(=O)c1occc1-c1ccccc1.Cl. The van der Waals surface area contributed by atoms with Crippen molar-refractivity contribution in [2.45, 2.75) is 19.4 Å². The second-order valence-electron chi connectivity index (χ2n) is 5.67. The quantitative estimate of drug-likeness (QED) is 0.945. The third-order valence-corrected chi connectivity index (χ3v) is 4.20. The lowest BCUT2D eigenvalue weighted by Gasteiger charge is -2.20. The monoisotopic (exact) mass is 320 g/mol. The van der Waals surface area contributed by atoms with Crippen molar-refractivity contribution in [3.8, 4) is 11.1 Å². The van der Waals surface area contributed by atoms with Gasteiger partial charge in [-0.25, -0.2) is 0 Å². The standard InChI is InChI=1S/C17H20N2O2.ClH/c1-12-9-13(10-18)11-19(12)17(20)16-15(7-8-21-16)14-5-3-2-4-6-14;/h2-8,12-13H,9-11,18H2,1H3;1H. The minimum Gasteiger partial charge on any atom is -0.459 e. The number of rotatable bonds is 3. The van der Waals surface area contributed by atoms with Gasteiger partial charge in [0.25, 0.3) is 5.91 Å². The minimum atomic E-state index is -0.0395. The van der Waals surface area contributed by atoms with Crippen molar-refractivity contribution < 1.29 is 9.21 Å². The molecule has 1 amide bonds. The van der Waals surface area contributed by atoms with Crippen LogP contribution < -0.4 is 5.73 Å². The number of halogens is 1. The zero-order chi connectivity index (χ0) is 14.8. The summed E-state index contributed by atoms with van der Waals surface area (Å²) in [4.78, 5) is 14.6. The smallest absolute Gasteiger partial charge is 0.290 e. The molecule has 0 bridgehead atoms. The number of nitrogens with two attached hydrogens (primary N) is 1. The first-order valence-electron chi connectivity index (χ1n) is 7.34. The summed E-state index contributed by atoms with van der Waals surface area (Å²) >= 11 is 0. The molecule has 3 rings (SSSR count). The van der Waals surface area contributed by atoms with Gasteiger partial charge in [0.1, 0.15) is 0 Å². The Bertz CT molecular complexity index is 627. The third kappa shape index (κ3) is 3.03. The van der Waals surface area contributed by atoms with E-state index in [0.717, 1.165) is 17.5 Å². The fraction of sp³-hybridized carbons (Fsp3) is 0.353. The molecule has 4 nitrogen and oxygen atoms in total. The van der Waals surface area contributed by atoms with Gasteiger partial charge in [-0.3, -0.25) is 4.79 Å². The molecule has 1 aromatic heterocycles. The summed E-state index contributed by atoms with van der Waals surface area (Å²) in [7, 11) is 0. The van der Waals surface area contributed by atoms with Crippen LogP contribution in [-0.2, 0) is 0 Å². The lowest BCUT2D eigenvalue weighted by molar-refractivity contribution is 0.0712. The van der Waals surface area contributed by atoms with E-state index in [1.54, 1.807) is 6.26 Å². The summed E-state index contributed by atoms with van der Waals surface area (Å²) in [6.45, 7) is 3.40. The number of amides is 1. The van der Waals surface area contributed by atoms with Gasteiger partial charge in [0.15, 0.2) is 5.76 Å². The van der Waals surface area contributed by atoms with E-state index in [9.17, 15) is 4.79 Å². The van der Waals surface area contributed by atoms with Gasteiger partial charge < -0.3 is 15.1 Å². The van der Waals surface area contributed by atoms with E-state index in [1.165, 1.54) is 0 Å². The van der Waals surface area contributed by atoms with Crippen molar-refractivity contribution in [2.24, 2.45) is 11.7 Å². The molecular weight excluding hydrogens is 300 g/mol. The van der Waals surface area contributed by atoms with Crippen LogP contribution in [0.5, 0.6) is 0 Å². The molecular formula is C17H21ClN2O2. The van der Waals surface area contributed by atoms with Gasteiger partial charge in [0.05, 0.1) is 6.26 Å². The average molecular weight is 321 g/mol. The summed E-state index contributed by atoms with van der Waals surface area (Å²) < 4.78 is 5.49. The lowest BCUT2D eigenvalue weighted by atomic mass is 10.1. The highest BCUT2D eigenvalue weighted by Gasteiger charge is 2.34. The van der Waals surface area contributed by atoms with Crippen LogP contribution in [0.15, 0.2) is 47.1 Å². The fourth-order valence-corrected chi connectivity index (χ4v) is 3.05. The minimum absolute atomic E-state index is 0. The maximum Gasteiger partial charge on any atom is 0.290 e. The summed E-state index contributed by atoms with van der Waals surface area (Å²) in [5.74, 6) is 0.770. The number of nitrogens with zero attached hydrogens (tertiary/aromatic N) is 1. The maximum absolute atomic E-state index is 12.8. The molecule has 2 heterocycles. The zero-order valence-corrected chi connectivity index (χ0v) is 13.4. The third-order valence-electron chi connectivity index (χ3n) is 4.20. The molecule has 0 aliphatic carbocycles. The van der Waals surface area contributed by atoms with Gasteiger partial charge in [-0.15, -0.1) is 12.4 Å². The molecule has 22 heavy (non-hydrogen) atoms. The van der Waals surface area contributed by atoms with Gasteiger partial charge in [-0.1, -0.05) is 30.3 Å². The Labute approximate surface area is 136 Å². The van der Waals surface area contributed by atoms with E-state index in [1.807, 2.05) is 41.3 Å². The second kappa shape index (κ2) is 6.99. The van der Waals surface area contributed by atoms with E-state index in [2.05, 4.69) is 6.92 Å². The number of hydrogen-bond acceptors (Lipinski definition) is 3. The first-order valence-corrected chi connectivity index (χ1v) is 7.34. The molecule has 0 saturated carbocycles. The summed E-state index contributed by atoms with van der Waals surface area (Å²) in [5.41, 5.74) is 7.58. The first kappa shape index (κ1) is 16.6. The highest BCUT2D eigenvalue weighted by molar-refractivity contribution is 5.98. The molecule has 2 N–H and O–H groups in total. The molecule has 0 spiro atoms. The predicted octanol–water partition coefficient (Wildman–Crippen LogP) is 3.18. The van der Waals surface area contributed by atoms with Crippen LogP contribution >= 0.6 is 12.4 Å². The molecule has 0 radical (unpaired) electrons. The fourth-order valence-electron chi connectivity index (χ4n) is 3.05. The number of furan rings is 1. The van der Waals surface area contributed by atoms with Crippen LogP contribution in [0.1, 0.15) is 23.9 Å². The molecule has 2 atom stereocenters. The molecule has 1 aliphatic rings. The normalized spacial score (nSPS) is 20.7. The summed E-state index contributed by atoms with van der Waals surface area (Å²) in [6.07, 6.45) is 2.54. The van der Waals surface area contributed by atoms with Crippen molar-refractivity contribution >= 4 is 18.3 Å². The van der Waals surface area contributed by atoms with Crippen molar-refractivity contribution in [2.75, 3.05) is 13.1 Å². The van der Waals surface area contributed by atoms with Crippen LogP contribution in [0.2, 0.25) is 0 Å². The van der Waals surface area contributed by atoms with Gasteiger partial charge in [-0.2, -0.15) is 0 Å². The van der Waals surface area contributed by atoms with Crippen LogP contribution in [0, 0.1) is 5.92 Å². The Hall–Kier alpha value is -1.78. The van der Waals surface area contributed by atoms with Crippen molar-refractivity contribution in [3.05, 3.63) is 48.4 Å². The predicted molar refractivity (Wildman–Crippen MR) is 89.1 cm³/mol. The van der Waals surface area contributed by atoms with E-state index >= 15 is 0 Å². The molecule has 118 valence electrons. The van der Waals surface area contributed by atoms with Crippen LogP contribution in [0.4, 0.5) is 0 Å². The molecule has 1 aromatic carbocycles. The number of carbonyl (C=O) groups is 1. The van der Waals surface area contributed by atoms with Crippen molar-refractivity contribution in [3.63, 3.8) is 0 Å². The van der Waals surface area contributed by atoms with Gasteiger partial charge in [-0.05, 0) is 37.4 Å². The maximum atomic E-state index is 12.8. The van der Waals surface area contributed by atoms with Crippen LogP contribution in [0.25, 0.3) is 11.1 Å². The second-order valence-corrected chi connectivity index (χ2v) is 5.67. The number of likely N-dealkylation sites (tertiary alicyclic amines) is 1. The summed E-state index contributed by atoms with van der Waals surface area (Å²) in [6, 6.07) is 11.9. The summed E-state index contributed by atoms with van der Waals surface area (Å²) in [5, 5.41) is 0. The Morgan fingerprint density at radius 1 is 1.32 bits per heavy atom. The van der Waals surface area contributed by atoms with Crippen LogP contribution in [0.3, 0.4) is 0 Å². The van der Waals surface area contributed by atoms with Crippen molar-refractivity contribution in [1.29, 1.82) is 0 Å². The highest BCUT2D eigenvalue weighted by atomic mass is 35.5. The van der Waals surface area contributed by atoms with E-state index < -0.39 is 0 Å². The van der Waals surface area contributed by atoms with E-state index in [0.29, 0.717) is 24.8 Å². The first-order chi connectivity index (χ1) is 10.2. The van der Waals surface area contributed by atoms with Gasteiger partial charge >= 0.3 is 0 Å². The molecule has 2 aromatic rings. The zero-order valence-electron chi connectivity index (χ0n) is 12.6. The van der Waals surface area contributed by atoms with E-state index in [-0.39, 0.29) is 24.4 Å². The molecule has 1 saturated heterocycles. The molecule has 1 aliphatic heterocycles. The number of hydrogen-bond donors (Lipinski definition) is 1. The number of benzene rings is 1. The molecule has 1 fully saturated rings. The molecule has 5 heteroatoms. The Balaban J connectivity index is 0.00000176. The average Bonchev–Trinajstić information content (AvgIpc) is 3.14. The van der Waals surface area contributed by atoms with Crippen molar-refractivity contribution in [1.82, 2.24) is 4.90 Å². The largest absolute Gasteiger partial charge is 0.459 e. The molecule has 2 unspecified atom stereocenters. The Morgan fingerprint density at radius 2 is 2.05 bits per heavy atom. The highest BCUT2D eigenvalue weighted by Crippen LogP contribution is 2.29.